The summed E-state index contributed by atoms with van der Waals surface area (Å²) in [5.74, 6) is -0.919. The van der Waals surface area contributed by atoms with Crippen LogP contribution in [0.1, 0.15) is 0 Å². The van der Waals surface area contributed by atoms with E-state index in [1.165, 1.54) is 0 Å². The average Bonchev–Trinajstić information content (AvgIpc) is 1.62. The molecule has 1 unspecified atom stereocenters. The summed E-state index contributed by atoms with van der Waals surface area (Å²) in [5.41, 5.74) is 4.64. The Morgan fingerprint density at radius 3 is 2.00 bits per heavy atom. The van der Waals surface area contributed by atoms with Crippen molar-refractivity contribution in [1.29, 1.82) is 0 Å². The lowest BCUT2D eigenvalue weighted by molar-refractivity contribution is -0.116. The molecule has 1 radical (unpaired) electrons. The van der Waals surface area contributed by atoms with E-state index in [9.17, 15) is 13.2 Å². The van der Waals surface area contributed by atoms with Gasteiger partial charge in [0.15, 0.2) is 9.84 Å². The standard InChI is InChI=1S/C4H8NO3S/c1-3(4(5)6)9(2,7)8/h3H,1H2,2H3,(H2,5,6). The monoisotopic (exact) mass is 150 g/mol. The van der Waals surface area contributed by atoms with Crippen molar-refractivity contribution in [3.63, 3.8) is 0 Å². The largest absolute Gasteiger partial charge is 0.369 e. The van der Waals surface area contributed by atoms with E-state index in [4.69, 9.17) is 0 Å². The Balaban J connectivity index is 4.43. The van der Waals surface area contributed by atoms with Gasteiger partial charge in [0.2, 0.25) is 5.91 Å². The van der Waals surface area contributed by atoms with Crippen molar-refractivity contribution in [1.82, 2.24) is 0 Å². The predicted octanol–water partition coefficient (Wildman–Crippen LogP) is -1.28. The minimum absolute atomic E-state index is 0.912. The molecule has 0 aliphatic heterocycles. The van der Waals surface area contributed by atoms with Gasteiger partial charge in [0.05, 0.1) is 0 Å². The number of nitrogens with two attached hydrogens (primary N) is 1. The Morgan fingerprint density at radius 2 is 2.00 bits per heavy atom. The molecule has 0 saturated heterocycles. The smallest absolute Gasteiger partial charge is 0.235 e. The fourth-order valence-electron chi connectivity index (χ4n) is 0.211. The van der Waals surface area contributed by atoms with Gasteiger partial charge < -0.3 is 5.73 Å². The van der Waals surface area contributed by atoms with Crippen LogP contribution in [0, 0.1) is 6.92 Å². The van der Waals surface area contributed by atoms with E-state index in [-0.39, 0.29) is 0 Å². The fourth-order valence-corrected chi connectivity index (χ4v) is 0.633. The van der Waals surface area contributed by atoms with Crippen LogP contribution in [0.4, 0.5) is 0 Å². The molecule has 5 heteroatoms. The maximum Gasteiger partial charge on any atom is 0.235 e. The van der Waals surface area contributed by atoms with Gasteiger partial charge >= 0.3 is 0 Å². The summed E-state index contributed by atoms with van der Waals surface area (Å²) in [5, 5.41) is -1.32. The summed E-state index contributed by atoms with van der Waals surface area (Å²) in [6.07, 6.45) is 0.912. The first-order valence-electron chi connectivity index (χ1n) is 2.17. The maximum absolute atomic E-state index is 10.4. The molecule has 0 rings (SSSR count). The van der Waals surface area contributed by atoms with Crippen molar-refractivity contribution < 1.29 is 13.2 Å². The summed E-state index contributed by atoms with van der Waals surface area (Å²) >= 11 is 0. The number of sulfone groups is 1. The van der Waals surface area contributed by atoms with Crippen LogP contribution in [0.25, 0.3) is 0 Å². The van der Waals surface area contributed by atoms with E-state index >= 15 is 0 Å². The van der Waals surface area contributed by atoms with Gasteiger partial charge in [0, 0.05) is 6.26 Å². The molecule has 0 saturated carbocycles. The van der Waals surface area contributed by atoms with Gasteiger partial charge in [-0.25, -0.2) is 8.42 Å². The molecule has 0 aromatic carbocycles. The third-order valence-electron chi connectivity index (χ3n) is 0.834. The van der Waals surface area contributed by atoms with E-state index in [1.54, 1.807) is 0 Å². The number of hydrogen-bond donors (Lipinski definition) is 1. The normalized spacial score (nSPS) is 14.9. The molecule has 9 heavy (non-hydrogen) atoms. The summed E-state index contributed by atoms with van der Waals surface area (Å²) in [4.78, 5) is 10.1. The Labute approximate surface area is 54.0 Å². The van der Waals surface area contributed by atoms with Gasteiger partial charge in [-0.3, -0.25) is 4.79 Å². The van der Waals surface area contributed by atoms with Gasteiger partial charge in [-0.1, -0.05) is 0 Å². The number of amides is 1. The zero-order valence-corrected chi connectivity index (χ0v) is 5.81. The second-order valence-electron chi connectivity index (χ2n) is 1.72. The fraction of sp³-hybridized carbons (Fsp3) is 0.500. The van der Waals surface area contributed by atoms with Crippen molar-refractivity contribution in [3.05, 3.63) is 6.92 Å². The summed E-state index contributed by atoms with van der Waals surface area (Å²) in [6, 6.07) is 0. The number of carbonyl (C=O) groups excluding carboxylic acids is 1. The summed E-state index contributed by atoms with van der Waals surface area (Å²) < 4.78 is 20.8. The molecule has 0 aromatic rings. The van der Waals surface area contributed by atoms with Crippen LogP contribution in [0.3, 0.4) is 0 Å². The molecule has 53 valence electrons. The average molecular weight is 150 g/mol. The highest BCUT2D eigenvalue weighted by Crippen LogP contribution is 1.93. The SMILES string of the molecule is [CH2]C(C(N)=O)S(C)(=O)=O. The lowest BCUT2D eigenvalue weighted by Crippen LogP contribution is -2.32. The number of hydrogen-bond acceptors (Lipinski definition) is 3. The minimum atomic E-state index is -3.39. The van der Waals surface area contributed by atoms with E-state index in [0.717, 1.165) is 6.26 Å². The van der Waals surface area contributed by atoms with Gasteiger partial charge in [-0.15, -0.1) is 0 Å². The van der Waals surface area contributed by atoms with Gasteiger partial charge in [-0.05, 0) is 6.92 Å². The predicted molar refractivity (Wildman–Crippen MR) is 33.2 cm³/mol. The zero-order valence-electron chi connectivity index (χ0n) is 4.99. The lowest BCUT2D eigenvalue weighted by atomic mass is 10.5. The van der Waals surface area contributed by atoms with Gasteiger partial charge in [0.25, 0.3) is 0 Å². The van der Waals surface area contributed by atoms with Crippen LogP contribution >= 0.6 is 0 Å². The van der Waals surface area contributed by atoms with Crippen molar-refractivity contribution in [3.8, 4) is 0 Å². The maximum atomic E-state index is 10.4. The number of rotatable bonds is 2. The summed E-state index contributed by atoms with van der Waals surface area (Å²) in [6.45, 7) is 3.05. The molecular formula is C4H8NO3S. The Kier molecular flexibility index (Phi) is 2.19. The molecule has 0 aliphatic carbocycles. The molecule has 0 aliphatic rings. The van der Waals surface area contributed by atoms with E-state index < -0.39 is 21.0 Å². The van der Waals surface area contributed by atoms with Crippen molar-refractivity contribution in [2.75, 3.05) is 6.26 Å². The minimum Gasteiger partial charge on any atom is -0.369 e. The first-order chi connectivity index (χ1) is 3.85. The van der Waals surface area contributed by atoms with Crippen LogP contribution in [-0.2, 0) is 14.6 Å². The second-order valence-corrected chi connectivity index (χ2v) is 3.95. The highest BCUT2D eigenvalue weighted by Gasteiger charge is 2.19. The van der Waals surface area contributed by atoms with E-state index in [2.05, 4.69) is 12.7 Å². The Hall–Kier alpha value is -0.580. The topological polar surface area (TPSA) is 77.2 Å². The highest BCUT2D eigenvalue weighted by molar-refractivity contribution is 7.92. The van der Waals surface area contributed by atoms with Crippen LogP contribution in [-0.4, -0.2) is 25.8 Å². The van der Waals surface area contributed by atoms with Crippen molar-refractivity contribution in [2.24, 2.45) is 5.73 Å². The Bertz CT molecular complexity index is 206. The van der Waals surface area contributed by atoms with Crippen molar-refractivity contribution in [2.45, 2.75) is 5.25 Å². The molecule has 1 atom stereocenters. The van der Waals surface area contributed by atoms with Gasteiger partial charge in [0.1, 0.15) is 5.25 Å². The molecule has 1 amide bonds. The molecule has 0 heterocycles. The van der Waals surface area contributed by atoms with Crippen LogP contribution < -0.4 is 5.73 Å². The third kappa shape index (κ3) is 2.46. The first-order valence-corrected chi connectivity index (χ1v) is 4.12. The summed E-state index contributed by atoms with van der Waals surface area (Å²) in [7, 11) is -3.39. The second kappa shape index (κ2) is 2.34. The van der Waals surface area contributed by atoms with Gasteiger partial charge in [-0.2, -0.15) is 0 Å². The van der Waals surface area contributed by atoms with Crippen LogP contribution in [0.15, 0.2) is 0 Å². The number of primary amides is 1. The molecule has 0 fully saturated rings. The third-order valence-corrected chi connectivity index (χ3v) is 2.10. The number of carbonyl (C=O) groups is 1. The van der Waals surface area contributed by atoms with Crippen LogP contribution in [0.5, 0.6) is 0 Å². The highest BCUT2D eigenvalue weighted by atomic mass is 32.2. The van der Waals surface area contributed by atoms with Crippen molar-refractivity contribution >= 4 is 15.7 Å². The molecule has 4 nitrogen and oxygen atoms in total. The lowest BCUT2D eigenvalue weighted by Gasteiger charge is -2.01. The molecule has 0 aromatic heterocycles. The molecule has 0 spiro atoms. The molecule has 2 N–H and O–H groups in total. The zero-order chi connectivity index (χ0) is 7.65. The molecule has 0 bridgehead atoms. The quantitative estimate of drug-likeness (QED) is 0.532. The Morgan fingerprint density at radius 1 is 1.67 bits per heavy atom. The first kappa shape index (κ1) is 8.42. The molecular weight excluding hydrogens is 142 g/mol. The van der Waals surface area contributed by atoms with E-state index in [0.29, 0.717) is 0 Å². The van der Waals surface area contributed by atoms with E-state index in [1.807, 2.05) is 0 Å². The van der Waals surface area contributed by atoms with Crippen LogP contribution in [0.2, 0.25) is 0 Å².